The highest BCUT2D eigenvalue weighted by molar-refractivity contribution is 5.71. The molecule has 9 heteroatoms. The van der Waals surface area contributed by atoms with Crippen molar-refractivity contribution in [2.24, 2.45) is 0 Å². The second-order valence-electron chi connectivity index (χ2n) is 28.0. The topological polar surface area (TPSA) is 108 Å². The number of nitrogens with zero attached hydrogens (tertiary/aromatic N) is 1. The van der Waals surface area contributed by atoms with Gasteiger partial charge in [0.2, 0.25) is 0 Å². The fourth-order valence-electron chi connectivity index (χ4n) is 10.7. The van der Waals surface area contributed by atoms with Gasteiger partial charge in [-0.25, -0.2) is 4.79 Å². The summed E-state index contributed by atoms with van der Waals surface area (Å²) in [7, 11) is 5.97. The molecule has 0 amide bonds. The van der Waals surface area contributed by atoms with Crippen molar-refractivity contribution in [3.05, 3.63) is 231 Å². The third-order valence-electron chi connectivity index (χ3n) is 16.9. The number of unbranched alkanes of at least 4 members (excludes halogenated alkanes) is 21. The van der Waals surface area contributed by atoms with Crippen LogP contribution in [0.25, 0.3) is 0 Å². The van der Waals surface area contributed by atoms with Crippen molar-refractivity contribution in [2.75, 3.05) is 47.5 Å². The Bertz CT molecular complexity index is 2590. The zero-order chi connectivity index (χ0) is 76.0. The van der Waals surface area contributed by atoms with Crippen LogP contribution in [0.3, 0.4) is 0 Å². The fraction of sp³-hybridized carbons (Fsp3) is 0.573. The van der Waals surface area contributed by atoms with Crippen molar-refractivity contribution < 1.29 is 42.9 Å². The molecule has 0 saturated carbocycles. The van der Waals surface area contributed by atoms with Crippen molar-refractivity contribution in [2.45, 2.75) is 309 Å². The van der Waals surface area contributed by atoms with Gasteiger partial charge in [-0.05, 0) is 161 Å². The van der Waals surface area contributed by atoms with Crippen LogP contribution in [0.1, 0.15) is 296 Å². The standard InChI is InChI=1S/C96H151NO8/c1-6-8-10-12-14-16-18-20-22-24-26-28-30-32-34-36-38-40-42-44-46-47-49-50-52-54-56-58-60-62-64-66-68-70-72-74-76-78-80-82-84-86-93(98)103-90-92(91-104-96(95(100)101)102-89-88-97(3,4)5)105-94(99)87-85-83-81-79-77-75-73-71-69-67-65-63-61-59-57-55-53-51-48-45-43-41-39-37-35-33-31-29-27-25-23-21-19-17-15-13-11-9-7-2/h8-11,14-17,20-23,26-29,32-35,38-41,44-46,48-50,53-56,59,61,65,67,92,96H,6-7,12-13,18-19,24-25,30-31,36-37,42-43,47,51-52,57-58,60,62-64,66,68-91H2,1-5H3/p+1/b10-8-,11-9-,16-14-,17-15-,22-20-,23-21-,28-26-,29-27-,34-32-,35-33-,40-38-,41-39-,46-44-,48-45-,50-49-,55-53-,56-54-,61-59-,67-65-. The molecule has 0 aliphatic rings. The lowest BCUT2D eigenvalue weighted by molar-refractivity contribution is -0.870. The molecule has 0 bridgehead atoms. The summed E-state index contributed by atoms with van der Waals surface area (Å²) in [5, 5.41) is 9.78. The molecule has 0 rings (SSSR count). The Balaban J connectivity index is 4.13. The minimum absolute atomic E-state index is 0.175. The van der Waals surface area contributed by atoms with Crippen molar-refractivity contribution >= 4 is 17.9 Å². The maximum atomic E-state index is 13.0. The number of ether oxygens (including phenoxy) is 4. The van der Waals surface area contributed by atoms with E-state index < -0.39 is 24.3 Å². The second kappa shape index (κ2) is 83.0. The second-order valence-corrected chi connectivity index (χ2v) is 28.0. The summed E-state index contributed by atoms with van der Waals surface area (Å²) >= 11 is 0. The average Bonchev–Trinajstić information content (AvgIpc) is 1.97. The predicted octanol–water partition coefficient (Wildman–Crippen LogP) is 27.4. The molecule has 0 fully saturated rings. The number of carboxylic acids is 1. The predicted molar refractivity (Wildman–Crippen MR) is 455 cm³/mol. The lowest BCUT2D eigenvalue weighted by atomic mass is 10.0. The number of hydrogen-bond acceptors (Lipinski definition) is 7. The van der Waals surface area contributed by atoms with Crippen LogP contribution in [-0.2, 0) is 33.3 Å². The highest BCUT2D eigenvalue weighted by Crippen LogP contribution is 2.17. The van der Waals surface area contributed by atoms with Crippen molar-refractivity contribution in [3.8, 4) is 0 Å². The molecule has 0 aliphatic heterocycles. The molecule has 0 spiro atoms. The highest BCUT2D eigenvalue weighted by atomic mass is 16.7. The lowest BCUT2D eigenvalue weighted by Gasteiger charge is -2.25. The van der Waals surface area contributed by atoms with Crippen LogP contribution in [0.15, 0.2) is 231 Å². The van der Waals surface area contributed by atoms with E-state index in [0.29, 0.717) is 17.4 Å². The Morgan fingerprint density at radius 3 is 0.762 bits per heavy atom. The average molecular weight is 1450 g/mol. The Morgan fingerprint density at radius 1 is 0.286 bits per heavy atom. The van der Waals surface area contributed by atoms with Gasteiger partial charge in [-0.2, -0.15) is 0 Å². The maximum Gasteiger partial charge on any atom is 0.361 e. The molecule has 0 aromatic heterocycles. The molecule has 0 aliphatic carbocycles. The van der Waals surface area contributed by atoms with E-state index in [1.807, 2.05) is 21.1 Å². The minimum Gasteiger partial charge on any atom is -0.477 e. The van der Waals surface area contributed by atoms with Gasteiger partial charge in [0.1, 0.15) is 13.2 Å². The molecule has 9 nitrogen and oxygen atoms in total. The molecule has 2 atom stereocenters. The number of esters is 2. The molecular formula is C96H152NO8+. The Morgan fingerprint density at radius 2 is 0.514 bits per heavy atom. The molecule has 0 radical (unpaired) electrons. The van der Waals surface area contributed by atoms with E-state index in [0.717, 1.165) is 167 Å². The summed E-state index contributed by atoms with van der Waals surface area (Å²) in [5.74, 6) is -2.03. The zero-order valence-electron chi connectivity index (χ0n) is 67.3. The first kappa shape index (κ1) is 98.4. The number of likely N-dealkylation sites (N-methyl/N-ethyl adjacent to an activating group) is 1. The van der Waals surface area contributed by atoms with Gasteiger partial charge < -0.3 is 28.5 Å². The van der Waals surface area contributed by atoms with Gasteiger partial charge in [0.15, 0.2) is 6.10 Å². The van der Waals surface area contributed by atoms with Crippen molar-refractivity contribution in [1.29, 1.82) is 0 Å². The Hall–Kier alpha value is -6.65. The first-order valence-electron chi connectivity index (χ1n) is 41.5. The van der Waals surface area contributed by atoms with Gasteiger partial charge in [0.25, 0.3) is 6.29 Å². The molecule has 588 valence electrons. The molecular weight excluding hydrogens is 1300 g/mol. The number of hydrogen-bond donors (Lipinski definition) is 1. The van der Waals surface area contributed by atoms with E-state index in [-0.39, 0.29) is 38.6 Å². The monoisotopic (exact) mass is 1450 g/mol. The molecule has 105 heavy (non-hydrogen) atoms. The Kier molecular flexibility index (Phi) is 77.7. The Labute approximate surface area is 644 Å². The minimum atomic E-state index is -1.53. The number of allylic oxidation sites excluding steroid dienone is 38. The summed E-state index contributed by atoms with van der Waals surface area (Å²) in [4.78, 5) is 37.8. The smallest absolute Gasteiger partial charge is 0.361 e. The lowest BCUT2D eigenvalue weighted by Crippen LogP contribution is -2.40. The first-order chi connectivity index (χ1) is 51.6. The van der Waals surface area contributed by atoms with E-state index in [2.05, 4.69) is 245 Å². The van der Waals surface area contributed by atoms with Gasteiger partial charge in [-0.15, -0.1) is 0 Å². The summed E-state index contributed by atoms with van der Waals surface area (Å²) in [5.41, 5.74) is 0. The number of rotatable bonds is 74. The van der Waals surface area contributed by atoms with Crippen LogP contribution >= 0.6 is 0 Å². The number of carboxylic acid groups (broad SMARTS) is 1. The van der Waals surface area contributed by atoms with E-state index in [1.54, 1.807) is 0 Å². The SMILES string of the molecule is CC/C=C\C/C=C\C/C=C\C/C=C\C/C=C\C/C=C\C/C=C\C/C=C\C/C=C\C/C=C\CCCCCCCCCCC(=O)OC(COC(=O)CCCCCCCCCCCCCCC/C=C\C/C=C\C/C=C\C/C=C\C/C=C\C/C=C\C/C=C\C/C=C\C/C=C\CC)COC(OCC[N+](C)(C)C)C(=O)O. The van der Waals surface area contributed by atoms with Crippen LogP contribution in [0.5, 0.6) is 0 Å². The number of quaternary nitrogens is 1. The van der Waals surface area contributed by atoms with Gasteiger partial charge in [-0.3, -0.25) is 9.59 Å². The van der Waals surface area contributed by atoms with Crippen LogP contribution in [0.4, 0.5) is 0 Å². The van der Waals surface area contributed by atoms with Gasteiger partial charge in [0, 0.05) is 12.8 Å². The summed E-state index contributed by atoms with van der Waals surface area (Å²) in [6, 6.07) is 0. The number of aliphatic carboxylic acids is 1. The number of carbonyl (C=O) groups is 3. The van der Waals surface area contributed by atoms with Crippen molar-refractivity contribution in [3.63, 3.8) is 0 Å². The van der Waals surface area contributed by atoms with E-state index in [4.69, 9.17) is 18.9 Å². The number of carbonyl (C=O) groups excluding carboxylic acids is 2. The quantitative estimate of drug-likeness (QED) is 0.0211. The van der Waals surface area contributed by atoms with Crippen LogP contribution < -0.4 is 0 Å². The van der Waals surface area contributed by atoms with Crippen LogP contribution in [-0.4, -0.2) is 87.4 Å². The third-order valence-corrected chi connectivity index (χ3v) is 16.9. The van der Waals surface area contributed by atoms with E-state index in [1.165, 1.54) is 96.3 Å². The zero-order valence-corrected chi connectivity index (χ0v) is 67.3. The summed E-state index contributed by atoms with van der Waals surface area (Å²) in [6.07, 6.45) is 129. The molecule has 0 aromatic carbocycles. The largest absolute Gasteiger partial charge is 0.477 e. The molecule has 2 unspecified atom stereocenters. The van der Waals surface area contributed by atoms with Gasteiger partial charge in [-0.1, -0.05) is 354 Å². The molecule has 0 aromatic rings. The van der Waals surface area contributed by atoms with Gasteiger partial charge >= 0.3 is 17.9 Å². The normalized spacial score (nSPS) is 13.9. The van der Waals surface area contributed by atoms with Crippen molar-refractivity contribution in [1.82, 2.24) is 0 Å². The first-order valence-corrected chi connectivity index (χ1v) is 41.5. The van der Waals surface area contributed by atoms with Crippen LogP contribution in [0, 0.1) is 0 Å². The molecule has 0 heterocycles. The fourth-order valence-corrected chi connectivity index (χ4v) is 10.7. The summed E-state index contributed by atoms with van der Waals surface area (Å²) < 4.78 is 23.0. The third kappa shape index (κ3) is 84.5. The summed E-state index contributed by atoms with van der Waals surface area (Å²) in [6.45, 7) is 4.62. The van der Waals surface area contributed by atoms with E-state index in [9.17, 15) is 19.5 Å². The van der Waals surface area contributed by atoms with E-state index >= 15 is 0 Å². The molecule has 1 N–H and O–H groups in total. The maximum absolute atomic E-state index is 13.0. The highest BCUT2D eigenvalue weighted by Gasteiger charge is 2.25. The van der Waals surface area contributed by atoms with Crippen LogP contribution in [0.2, 0.25) is 0 Å². The molecule has 0 saturated heterocycles. The van der Waals surface area contributed by atoms with Gasteiger partial charge in [0.05, 0.1) is 34.4 Å².